The standard InChI is InChI=1S/C18H19NO/c1-13-5-7-14(8-6-13)11-18(20)19-17-10-9-15-3-2-4-16(15)12-17/h5-10,12H,2-4,11H2,1H3,(H,19,20). The number of hydrogen-bond donors (Lipinski definition) is 1. The number of aryl methyl sites for hydroxylation is 3. The SMILES string of the molecule is Cc1ccc(CC(=O)Nc2ccc3c(c2)CCC3)cc1. The van der Waals surface area contributed by atoms with Crippen LogP contribution in [0.2, 0.25) is 0 Å². The Kier molecular flexibility index (Phi) is 3.55. The van der Waals surface area contributed by atoms with Crippen LogP contribution in [-0.4, -0.2) is 5.91 Å². The van der Waals surface area contributed by atoms with Gasteiger partial charge in [0.15, 0.2) is 0 Å². The Hall–Kier alpha value is -2.09. The van der Waals surface area contributed by atoms with Crippen LogP contribution in [0.25, 0.3) is 0 Å². The van der Waals surface area contributed by atoms with Crippen LogP contribution in [0.4, 0.5) is 5.69 Å². The zero-order chi connectivity index (χ0) is 13.9. The van der Waals surface area contributed by atoms with Gasteiger partial charge in [-0.25, -0.2) is 0 Å². The Bertz CT molecular complexity index is 628. The predicted octanol–water partition coefficient (Wildman–Crippen LogP) is 3.66. The molecule has 0 radical (unpaired) electrons. The first-order valence-electron chi connectivity index (χ1n) is 7.18. The Balaban J connectivity index is 1.65. The molecule has 3 rings (SSSR count). The molecule has 0 bridgehead atoms. The van der Waals surface area contributed by atoms with Crippen molar-refractivity contribution in [2.45, 2.75) is 32.6 Å². The average molecular weight is 265 g/mol. The molecule has 1 aliphatic rings. The fourth-order valence-corrected chi connectivity index (χ4v) is 2.75. The van der Waals surface area contributed by atoms with Crippen molar-refractivity contribution in [3.63, 3.8) is 0 Å². The molecule has 0 heterocycles. The molecule has 2 aromatic carbocycles. The van der Waals surface area contributed by atoms with Gasteiger partial charge >= 0.3 is 0 Å². The summed E-state index contributed by atoms with van der Waals surface area (Å²) in [5, 5.41) is 3.00. The summed E-state index contributed by atoms with van der Waals surface area (Å²) in [6, 6.07) is 14.4. The molecule has 2 aromatic rings. The van der Waals surface area contributed by atoms with Gasteiger partial charge in [0.1, 0.15) is 0 Å². The van der Waals surface area contributed by atoms with Crippen LogP contribution in [0.5, 0.6) is 0 Å². The molecule has 2 nitrogen and oxygen atoms in total. The minimum absolute atomic E-state index is 0.0480. The zero-order valence-electron chi connectivity index (χ0n) is 11.8. The van der Waals surface area contributed by atoms with Crippen molar-refractivity contribution in [1.29, 1.82) is 0 Å². The normalized spacial score (nSPS) is 13.1. The van der Waals surface area contributed by atoms with Gasteiger partial charge in [0.05, 0.1) is 6.42 Å². The minimum Gasteiger partial charge on any atom is -0.326 e. The van der Waals surface area contributed by atoms with Crippen molar-refractivity contribution in [2.75, 3.05) is 5.32 Å². The van der Waals surface area contributed by atoms with Crippen LogP contribution in [-0.2, 0) is 24.1 Å². The number of amides is 1. The van der Waals surface area contributed by atoms with E-state index in [2.05, 4.69) is 17.4 Å². The van der Waals surface area contributed by atoms with Crippen LogP contribution in [0.1, 0.15) is 28.7 Å². The minimum atomic E-state index is 0.0480. The zero-order valence-corrected chi connectivity index (χ0v) is 11.8. The Morgan fingerprint density at radius 2 is 1.80 bits per heavy atom. The van der Waals surface area contributed by atoms with Crippen LogP contribution in [0, 0.1) is 6.92 Å². The van der Waals surface area contributed by atoms with Crippen molar-refractivity contribution in [3.8, 4) is 0 Å². The quantitative estimate of drug-likeness (QED) is 0.901. The van der Waals surface area contributed by atoms with E-state index in [1.807, 2.05) is 37.3 Å². The molecule has 0 aliphatic heterocycles. The van der Waals surface area contributed by atoms with Gasteiger partial charge in [-0.15, -0.1) is 0 Å². The number of carbonyl (C=O) groups is 1. The lowest BCUT2D eigenvalue weighted by molar-refractivity contribution is -0.115. The van der Waals surface area contributed by atoms with Crippen LogP contribution < -0.4 is 5.32 Å². The lowest BCUT2D eigenvalue weighted by Gasteiger charge is -2.08. The first-order valence-corrected chi connectivity index (χ1v) is 7.18. The summed E-state index contributed by atoms with van der Waals surface area (Å²) in [6.45, 7) is 2.05. The molecule has 0 saturated heterocycles. The van der Waals surface area contributed by atoms with E-state index in [0.717, 1.165) is 17.7 Å². The van der Waals surface area contributed by atoms with Crippen molar-refractivity contribution < 1.29 is 4.79 Å². The molecule has 0 fully saturated rings. The highest BCUT2D eigenvalue weighted by atomic mass is 16.1. The maximum atomic E-state index is 12.1. The first-order chi connectivity index (χ1) is 9.70. The van der Waals surface area contributed by atoms with E-state index in [-0.39, 0.29) is 5.91 Å². The number of fused-ring (bicyclic) bond motifs is 1. The van der Waals surface area contributed by atoms with E-state index < -0.39 is 0 Å². The first kappa shape index (κ1) is 12.9. The Labute approximate surface area is 119 Å². The molecule has 0 unspecified atom stereocenters. The molecule has 1 N–H and O–H groups in total. The molecule has 0 atom stereocenters. The third-order valence-electron chi connectivity index (χ3n) is 3.87. The maximum Gasteiger partial charge on any atom is 0.228 e. The summed E-state index contributed by atoms with van der Waals surface area (Å²) >= 11 is 0. The van der Waals surface area contributed by atoms with Gasteiger partial charge in [-0.05, 0) is 55.0 Å². The molecule has 102 valence electrons. The predicted molar refractivity (Wildman–Crippen MR) is 82.0 cm³/mol. The Morgan fingerprint density at radius 3 is 2.60 bits per heavy atom. The van der Waals surface area contributed by atoms with Gasteiger partial charge in [0.25, 0.3) is 0 Å². The monoisotopic (exact) mass is 265 g/mol. The molecular formula is C18H19NO. The fourth-order valence-electron chi connectivity index (χ4n) is 2.75. The largest absolute Gasteiger partial charge is 0.326 e. The second kappa shape index (κ2) is 5.49. The molecule has 1 amide bonds. The van der Waals surface area contributed by atoms with Crippen LogP contribution in [0.15, 0.2) is 42.5 Å². The third kappa shape index (κ3) is 2.90. The van der Waals surface area contributed by atoms with Gasteiger partial charge in [-0.3, -0.25) is 4.79 Å². The summed E-state index contributed by atoms with van der Waals surface area (Å²) in [5.74, 6) is 0.0480. The topological polar surface area (TPSA) is 29.1 Å². The number of hydrogen-bond acceptors (Lipinski definition) is 1. The lowest BCUT2D eigenvalue weighted by atomic mass is 10.1. The number of benzene rings is 2. The van der Waals surface area contributed by atoms with E-state index >= 15 is 0 Å². The summed E-state index contributed by atoms with van der Waals surface area (Å²) in [4.78, 5) is 12.1. The average Bonchev–Trinajstić information content (AvgIpc) is 2.89. The number of carbonyl (C=O) groups excluding carboxylic acids is 1. The van der Waals surface area contributed by atoms with Crippen molar-refractivity contribution in [2.24, 2.45) is 0 Å². The number of rotatable bonds is 3. The maximum absolute atomic E-state index is 12.1. The second-order valence-electron chi connectivity index (χ2n) is 5.55. The summed E-state index contributed by atoms with van der Waals surface area (Å²) in [5.41, 5.74) is 6.00. The molecule has 1 aliphatic carbocycles. The third-order valence-corrected chi connectivity index (χ3v) is 3.87. The van der Waals surface area contributed by atoms with Gasteiger partial charge < -0.3 is 5.32 Å². The smallest absolute Gasteiger partial charge is 0.228 e. The highest BCUT2D eigenvalue weighted by Crippen LogP contribution is 2.24. The van der Waals surface area contributed by atoms with Gasteiger partial charge in [0.2, 0.25) is 5.91 Å². The summed E-state index contributed by atoms with van der Waals surface area (Å²) in [6.07, 6.45) is 3.97. The Morgan fingerprint density at radius 1 is 1.05 bits per heavy atom. The van der Waals surface area contributed by atoms with E-state index in [1.54, 1.807) is 0 Å². The molecule has 0 aromatic heterocycles. The van der Waals surface area contributed by atoms with Crippen molar-refractivity contribution in [3.05, 3.63) is 64.7 Å². The molecule has 2 heteroatoms. The lowest BCUT2D eigenvalue weighted by Crippen LogP contribution is -2.14. The van der Waals surface area contributed by atoms with E-state index in [1.165, 1.54) is 29.5 Å². The molecule has 20 heavy (non-hydrogen) atoms. The van der Waals surface area contributed by atoms with Crippen molar-refractivity contribution in [1.82, 2.24) is 0 Å². The van der Waals surface area contributed by atoms with Gasteiger partial charge in [-0.1, -0.05) is 35.9 Å². The van der Waals surface area contributed by atoms with E-state index in [4.69, 9.17) is 0 Å². The van der Waals surface area contributed by atoms with E-state index in [9.17, 15) is 4.79 Å². The highest BCUT2D eigenvalue weighted by Gasteiger charge is 2.11. The molecule has 0 spiro atoms. The summed E-state index contributed by atoms with van der Waals surface area (Å²) < 4.78 is 0. The van der Waals surface area contributed by atoms with Crippen LogP contribution in [0.3, 0.4) is 0 Å². The second-order valence-corrected chi connectivity index (χ2v) is 5.55. The van der Waals surface area contributed by atoms with E-state index in [0.29, 0.717) is 6.42 Å². The number of nitrogens with one attached hydrogen (secondary N) is 1. The van der Waals surface area contributed by atoms with Crippen LogP contribution >= 0.6 is 0 Å². The molecule has 0 saturated carbocycles. The van der Waals surface area contributed by atoms with Gasteiger partial charge in [-0.2, -0.15) is 0 Å². The summed E-state index contributed by atoms with van der Waals surface area (Å²) in [7, 11) is 0. The van der Waals surface area contributed by atoms with Gasteiger partial charge in [0, 0.05) is 5.69 Å². The fraction of sp³-hybridized carbons (Fsp3) is 0.278. The van der Waals surface area contributed by atoms with Crippen molar-refractivity contribution >= 4 is 11.6 Å². The highest BCUT2D eigenvalue weighted by molar-refractivity contribution is 5.92. The molecular weight excluding hydrogens is 246 g/mol. The number of anilines is 1.